The van der Waals surface area contributed by atoms with Crippen molar-refractivity contribution in [1.82, 2.24) is 19.9 Å². The molecule has 5 nitrogen and oxygen atoms in total. The third kappa shape index (κ3) is 2.53. The van der Waals surface area contributed by atoms with Gasteiger partial charge in [-0.1, -0.05) is 35.0 Å². The van der Waals surface area contributed by atoms with Crippen LogP contribution < -0.4 is 0 Å². The molecule has 2 heterocycles. The van der Waals surface area contributed by atoms with Crippen LogP contribution in [0, 0.1) is 0 Å². The SMILES string of the molecule is CN1C(=O)CS[C@H]1c1cn(Cc2ccccc2Cl)nn1. The summed E-state index contributed by atoms with van der Waals surface area (Å²) in [6.07, 6.45) is 1.87. The van der Waals surface area contributed by atoms with Crippen molar-refractivity contribution in [2.24, 2.45) is 0 Å². The minimum atomic E-state index is -0.0394. The van der Waals surface area contributed by atoms with Crippen molar-refractivity contribution in [2.45, 2.75) is 11.9 Å². The van der Waals surface area contributed by atoms with E-state index in [0.29, 0.717) is 17.3 Å². The third-order valence-electron chi connectivity index (χ3n) is 3.21. The molecule has 1 aliphatic heterocycles. The fourth-order valence-electron chi connectivity index (χ4n) is 2.08. The summed E-state index contributed by atoms with van der Waals surface area (Å²) in [5.41, 5.74) is 1.80. The first-order valence-electron chi connectivity index (χ1n) is 6.16. The van der Waals surface area contributed by atoms with Crippen molar-refractivity contribution in [3.8, 4) is 0 Å². The van der Waals surface area contributed by atoms with Gasteiger partial charge >= 0.3 is 0 Å². The Bertz CT molecular complexity index is 645. The minimum Gasteiger partial charge on any atom is -0.327 e. The van der Waals surface area contributed by atoms with Gasteiger partial charge in [0.2, 0.25) is 5.91 Å². The van der Waals surface area contributed by atoms with Crippen molar-refractivity contribution < 1.29 is 4.79 Å². The molecule has 0 unspecified atom stereocenters. The predicted octanol–water partition coefficient (Wildman–Crippen LogP) is 2.18. The first kappa shape index (κ1) is 13.5. The lowest BCUT2D eigenvalue weighted by atomic mass is 10.2. The Balaban J connectivity index is 1.78. The second-order valence-electron chi connectivity index (χ2n) is 4.60. The molecule has 0 saturated carbocycles. The molecule has 2 aromatic rings. The standard InChI is InChI=1S/C13H13ClN4OS/c1-17-12(19)8-20-13(17)11-7-18(16-15-11)6-9-4-2-3-5-10(9)14/h2-5,7,13H,6,8H2,1H3/t13-/m0/s1. The zero-order chi connectivity index (χ0) is 14.1. The molecule has 0 spiro atoms. The number of amides is 1. The lowest BCUT2D eigenvalue weighted by molar-refractivity contribution is -0.126. The van der Waals surface area contributed by atoms with Crippen LogP contribution in [0.15, 0.2) is 30.5 Å². The van der Waals surface area contributed by atoms with E-state index in [9.17, 15) is 4.79 Å². The van der Waals surface area contributed by atoms with E-state index in [1.165, 1.54) is 0 Å². The molecular formula is C13H13ClN4OS. The zero-order valence-electron chi connectivity index (χ0n) is 10.9. The summed E-state index contributed by atoms with van der Waals surface area (Å²) in [5.74, 6) is 0.624. The van der Waals surface area contributed by atoms with Crippen molar-refractivity contribution in [3.05, 3.63) is 46.7 Å². The van der Waals surface area contributed by atoms with E-state index in [-0.39, 0.29) is 11.3 Å². The normalized spacial score (nSPS) is 18.8. The highest BCUT2D eigenvalue weighted by atomic mass is 35.5. The molecule has 0 radical (unpaired) electrons. The smallest absolute Gasteiger partial charge is 0.233 e. The van der Waals surface area contributed by atoms with Gasteiger partial charge in [0.05, 0.1) is 18.5 Å². The largest absolute Gasteiger partial charge is 0.327 e. The monoisotopic (exact) mass is 308 g/mol. The number of aromatic nitrogens is 3. The molecule has 20 heavy (non-hydrogen) atoms. The van der Waals surface area contributed by atoms with E-state index in [1.54, 1.807) is 28.4 Å². The molecule has 1 aliphatic rings. The van der Waals surface area contributed by atoms with Crippen LogP contribution in [-0.2, 0) is 11.3 Å². The maximum atomic E-state index is 11.5. The fourth-order valence-corrected chi connectivity index (χ4v) is 3.40. The summed E-state index contributed by atoms with van der Waals surface area (Å²) >= 11 is 7.70. The molecular weight excluding hydrogens is 296 g/mol. The molecule has 1 atom stereocenters. The van der Waals surface area contributed by atoms with Gasteiger partial charge in [-0.2, -0.15) is 0 Å². The Hall–Kier alpha value is -1.53. The molecule has 7 heteroatoms. The van der Waals surface area contributed by atoms with Crippen molar-refractivity contribution in [1.29, 1.82) is 0 Å². The van der Waals surface area contributed by atoms with Gasteiger partial charge in [0.15, 0.2) is 0 Å². The average molecular weight is 309 g/mol. The van der Waals surface area contributed by atoms with Gasteiger partial charge in [-0.05, 0) is 11.6 Å². The Morgan fingerprint density at radius 3 is 2.95 bits per heavy atom. The number of carbonyl (C=O) groups is 1. The van der Waals surface area contributed by atoms with Crippen LogP contribution in [0.4, 0.5) is 0 Å². The van der Waals surface area contributed by atoms with Gasteiger partial charge < -0.3 is 4.90 Å². The van der Waals surface area contributed by atoms with E-state index in [1.807, 2.05) is 30.5 Å². The van der Waals surface area contributed by atoms with E-state index in [0.717, 1.165) is 11.3 Å². The fraction of sp³-hybridized carbons (Fsp3) is 0.308. The first-order chi connectivity index (χ1) is 9.65. The maximum Gasteiger partial charge on any atom is 0.233 e. The van der Waals surface area contributed by atoms with Gasteiger partial charge in [-0.3, -0.25) is 4.79 Å². The van der Waals surface area contributed by atoms with Gasteiger partial charge in [0.25, 0.3) is 0 Å². The molecule has 0 aliphatic carbocycles. The summed E-state index contributed by atoms with van der Waals surface area (Å²) in [4.78, 5) is 13.2. The number of thioether (sulfide) groups is 1. The van der Waals surface area contributed by atoms with E-state index in [2.05, 4.69) is 10.3 Å². The molecule has 1 saturated heterocycles. The number of hydrogen-bond acceptors (Lipinski definition) is 4. The summed E-state index contributed by atoms with van der Waals surface area (Å²) in [6, 6.07) is 7.66. The molecule has 1 aromatic carbocycles. The lowest BCUT2D eigenvalue weighted by Crippen LogP contribution is -2.23. The van der Waals surface area contributed by atoms with Crippen LogP contribution in [0.2, 0.25) is 5.02 Å². The van der Waals surface area contributed by atoms with Crippen LogP contribution in [0.25, 0.3) is 0 Å². The van der Waals surface area contributed by atoms with Crippen LogP contribution >= 0.6 is 23.4 Å². The van der Waals surface area contributed by atoms with Gasteiger partial charge in [-0.25, -0.2) is 4.68 Å². The van der Waals surface area contributed by atoms with Gasteiger partial charge in [-0.15, -0.1) is 16.9 Å². The van der Waals surface area contributed by atoms with Crippen molar-refractivity contribution in [2.75, 3.05) is 12.8 Å². The lowest BCUT2D eigenvalue weighted by Gasteiger charge is -2.15. The number of rotatable bonds is 3. The van der Waals surface area contributed by atoms with E-state index in [4.69, 9.17) is 11.6 Å². The Labute approximate surface area is 125 Å². The molecule has 1 aromatic heterocycles. The summed E-state index contributed by atoms with van der Waals surface area (Å²) in [7, 11) is 1.79. The van der Waals surface area contributed by atoms with Crippen LogP contribution in [0.3, 0.4) is 0 Å². The second kappa shape index (κ2) is 5.46. The highest BCUT2D eigenvalue weighted by Gasteiger charge is 2.31. The van der Waals surface area contributed by atoms with Gasteiger partial charge in [0.1, 0.15) is 11.1 Å². The third-order valence-corrected chi connectivity index (χ3v) is 4.87. The number of hydrogen-bond donors (Lipinski definition) is 0. The Kier molecular flexibility index (Phi) is 3.67. The quantitative estimate of drug-likeness (QED) is 0.872. The number of carbonyl (C=O) groups excluding carboxylic acids is 1. The number of benzene rings is 1. The number of nitrogens with zero attached hydrogens (tertiary/aromatic N) is 4. The minimum absolute atomic E-state index is 0.0394. The van der Waals surface area contributed by atoms with Crippen LogP contribution in [0.1, 0.15) is 16.6 Å². The molecule has 104 valence electrons. The average Bonchev–Trinajstić information content (AvgIpc) is 3.01. The topological polar surface area (TPSA) is 51.0 Å². The van der Waals surface area contributed by atoms with Crippen molar-refractivity contribution in [3.63, 3.8) is 0 Å². The predicted molar refractivity (Wildman–Crippen MR) is 78.5 cm³/mol. The second-order valence-corrected chi connectivity index (χ2v) is 6.08. The van der Waals surface area contributed by atoms with E-state index >= 15 is 0 Å². The molecule has 3 rings (SSSR count). The Morgan fingerprint density at radius 2 is 2.25 bits per heavy atom. The summed E-state index contributed by atoms with van der Waals surface area (Å²) < 4.78 is 1.74. The van der Waals surface area contributed by atoms with Crippen molar-refractivity contribution >= 4 is 29.3 Å². The summed E-state index contributed by atoms with van der Waals surface area (Å²) in [6.45, 7) is 0.571. The molecule has 1 amide bonds. The molecule has 0 N–H and O–H groups in total. The Morgan fingerprint density at radius 1 is 1.45 bits per heavy atom. The molecule has 0 bridgehead atoms. The van der Waals surface area contributed by atoms with E-state index < -0.39 is 0 Å². The summed E-state index contributed by atoms with van der Waals surface area (Å²) in [5, 5.41) is 8.95. The maximum absolute atomic E-state index is 11.5. The highest BCUT2D eigenvalue weighted by molar-refractivity contribution is 8.00. The highest BCUT2D eigenvalue weighted by Crippen LogP contribution is 2.35. The number of halogens is 1. The van der Waals surface area contributed by atoms with Crippen LogP contribution in [0.5, 0.6) is 0 Å². The first-order valence-corrected chi connectivity index (χ1v) is 7.58. The van der Waals surface area contributed by atoms with Crippen LogP contribution in [-0.4, -0.2) is 38.6 Å². The van der Waals surface area contributed by atoms with Gasteiger partial charge in [0, 0.05) is 12.1 Å². The zero-order valence-corrected chi connectivity index (χ0v) is 12.4. The molecule has 1 fully saturated rings.